The number of hydrogen-bond acceptors (Lipinski definition) is 2. The van der Waals surface area contributed by atoms with E-state index in [0.717, 1.165) is 43.6 Å². The minimum absolute atomic E-state index is 0.229. The summed E-state index contributed by atoms with van der Waals surface area (Å²) < 4.78 is 2.34. The van der Waals surface area contributed by atoms with E-state index in [9.17, 15) is 4.79 Å². The van der Waals surface area contributed by atoms with Crippen molar-refractivity contribution in [3.8, 4) is 0 Å². The molecule has 1 aromatic carbocycles. The van der Waals surface area contributed by atoms with Crippen LogP contribution in [0.1, 0.15) is 58.2 Å². The molecule has 2 aromatic rings. The highest BCUT2D eigenvalue weighted by Gasteiger charge is 2.21. The zero-order valence-electron chi connectivity index (χ0n) is 15.6. The quantitative estimate of drug-likeness (QED) is 0.815. The summed E-state index contributed by atoms with van der Waals surface area (Å²) in [4.78, 5) is 17.2. The Morgan fingerprint density at radius 3 is 2.80 bits per heavy atom. The number of rotatable bonds is 7. The minimum atomic E-state index is 0.229. The molecule has 0 aliphatic heterocycles. The minimum Gasteiger partial charge on any atom is -0.355 e. The molecule has 0 bridgehead atoms. The van der Waals surface area contributed by atoms with Gasteiger partial charge >= 0.3 is 0 Å². The van der Waals surface area contributed by atoms with E-state index in [2.05, 4.69) is 41.9 Å². The second-order valence-corrected chi connectivity index (χ2v) is 7.52. The number of carbonyl (C=O) groups is 1. The summed E-state index contributed by atoms with van der Waals surface area (Å²) in [7, 11) is 0. The Morgan fingerprint density at radius 1 is 1.28 bits per heavy atom. The van der Waals surface area contributed by atoms with Crippen molar-refractivity contribution in [2.45, 2.75) is 65.3 Å². The third-order valence-corrected chi connectivity index (χ3v) is 5.55. The van der Waals surface area contributed by atoms with Crippen LogP contribution in [0.4, 0.5) is 0 Å². The van der Waals surface area contributed by atoms with Gasteiger partial charge in [-0.3, -0.25) is 4.79 Å². The Kier molecular flexibility index (Phi) is 6.11. The lowest BCUT2D eigenvalue weighted by Gasteiger charge is -2.20. The molecule has 3 rings (SSSR count). The molecular weight excluding hydrogens is 310 g/mol. The zero-order chi connectivity index (χ0) is 17.6. The van der Waals surface area contributed by atoms with Gasteiger partial charge in [0.15, 0.2) is 0 Å². The lowest BCUT2D eigenvalue weighted by Crippen LogP contribution is -2.33. The van der Waals surface area contributed by atoms with Crippen LogP contribution in [0.5, 0.6) is 0 Å². The van der Waals surface area contributed by atoms with Crippen molar-refractivity contribution in [2.75, 3.05) is 6.54 Å². The van der Waals surface area contributed by atoms with Gasteiger partial charge in [0.05, 0.1) is 11.0 Å². The van der Waals surface area contributed by atoms with Crippen molar-refractivity contribution >= 4 is 16.9 Å². The average Bonchev–Trinajstić information content (AvgIpc) is 2.99. The number of nitrogens with one attached hydrogen (secondary N) is 1. The summed E-state index contributed by atoms with van der Waals surface area (Å²) in [6, 6.07) is 8.34. The van der Waals surface area contributed by atoms with Crippen LogP contribution in [-0.2, 0) is 17.8 Å². The molecule has 1 aliphatic rings. The standard InChI is InChI=1S/C21H31N3O/c1-3-16(2)15-24-19-12-8-7-11-18(19)23-20(24)13-14-22-21(25)17-9-5-4-6-10-17/h7-8,11-12,16-17H,3-6,9-10,13-15H2,1-2H3,(H,22,25). The number of amides is 1. The number of aromatic nitrogens is 2. The van der Waals surface area contributed by atoms with E-state index in [4.69, 9.17) is 4.98 Å². The molecule has 1 aromatic heterocycles. The summed E-state index contributed by atoms with van der Waals surface area (Å²) in [5, 5.41) is 3.15. The first-order valence-corrected chi connectivity index (χ1v) is 9.91. The SMILES string of the molecule is CCC(C)Cn1c(CCNC(=O)C2CCCCC2)nc2ccccc21. The van der Waals surface area contributed by atoms with E-state index in [-0.39, 0.29) is 11.8 Å². The van der Waals surface area contributed by atoms with Gasteiger partial charge in [-0.2, -0.15) is 0 Å². The van der Waals surface area contributed by atoms with E-state index in [0.29, 0.717) is 12.5 Å². The molecule has 0 saturated heterocycles. The van der Waals surface area contributed by atoms with Gasteiger partial charge in [0.25, 0.3) is 0 Å². The topological polar surface area (TPSA) is 46.9 Å². The third kappa shape index (κ3) is 4.42. The molecule has 1 N–H and O–H groups in total. The van der Waals surface area contributed by atoms with Gasteiger partial charge in [0.1, 0.15) is 5.82 Å². The molecule has 1 fully saturated rings. The molecule has 1 unspecified atom stereocenters. The summed E-state index contributed by atoms with van der Waals surface area (Å²) in [5.41, 5.74) is 2.26. The first kappa shape index (κ1) is 18.0. The molecule has 1 aliphatic carbocycles. The fourth-order valence-electron chi connectivity index (χ4n) is 3.77. The normalized spacial score (nSPS) is 16.9. The van der Waals surface area contributed by atoms with Gasteiger partial charge in [0, 0.05) is 25.4 Å². The number of carbonyl (C=O) groups excluding carboxylic acids is 1. The first-order valence-electron chi connectivity index (χ1n) is 9.91. The first-order chi connectivity index (χ1) is 12.2. The van der Waals surface area contributed by atoms with Gasteiger partial charge in [0.2, 0.25) is 5.91 Å². The van der Waals surface area contributed by atoms with E-state index in [1.807, 2.05) is 6.07 Å². The van der Waals surface area contributed by atoms with Crippen LogP contribution in [0.3, 0.4) is 0 Å². The lowest BCUT2D eigenvalue weighted by atomic mass is 9.89. The summed E-state index contributed by atoms with van der Waals surface area (Å²) in [6.45, 7) is 6.18. The maximum absolute atomic E-state index is 12.3. The Balaban J connectivity index is 1.65. The highest BCUT2D eigenvalue weighted by molar-refractivity contribution is 5.78. The van der Waals surface area contributed by atoms with Crippen LogP contribution in [-0.4, -0.2) is 22.0 Å². The third-order valence-electron chi connectivity index (χ3n) is 5.55. The number of fused-ring (bicyclic) bond motifs is 1. The molecule has 25 heavy (non-hydrogen) atoms. The lowest BCUT2D eigenvalue weighted by molar-refractivity contribution is -0.125. The number of imidazole rings is 1. The van der Waals surface area contributed by atoms with Crippen molar-refractivity contribution in [1.82, 2.24) is 14.9 Å². The number of para-hydroxylation sites is 2. The maximum Gasteiger partial charge on any atom is 0.223 e. The second-order valence-electron chi connectivity index (χ2n) is 7.52. The fourth-order valence-corrected chi connectivity index (χ4v) is 3.77. The highest BCUT2D eigenvalue weighted by atomic mass is 16.1. The molecule has 1 heterocycles. The summed E-state index contributed by atoms with van der Waals surface area (Å²) in [6.07, 6.45) is 7.74. The average molecular weight is 341 g/mol. The Labute approximate surface area is 151 Å². The predicted molar refractivity (Wildman–Crippen MR) is 102 cm³/mol. The van der Waals surface area contributed by atoms with Gasteiger partial charge in [-0.25, -0.2) is 4.98 Å². The Hall–Kier alpha value is -1.84. The van der Waals surface area contributed by atoms with E-state index in [1.165, 1.54) is 24.8 Å². The molecule has 4 heteroatoms. The van der Waals surface area contributed by atoms with Gasteiger partial charge in [-0.1, -0.05) is 51.7 Å². The monoisotopic (exact) mass is 341 g/mol. The van der Waals surface area contributed by atoms with Crippen LogP contribution in [0.2, 0.25) is 0 Å². The van der Waals surface area contributed by atoms with Crippen LogP contribution < -0.4 is 5.32 Å². The van der Waals surface area contributed by atoms with Crippen LogP contribution >= 0.6 is 0 Å². The number of benzene rings is 1. The Morgan fingerprint density at radius 2 is 2.04 bits per heavy atom. The maximum atomic E-state index is 12.3. The van der Waals surface area contributed by atoms with E-state index in [1.54, 1.807) is 0 Å². The van der Waals surface area contributed by atoms with Crippen molar-refractivity contribution in [2.24, 2.45) is 11.8 Å². The zero-order valence-corrected chi connectivity index (χ0v) is 15.6. The highest BCUT2D eigenvalue weighted by Crippen LogP contribution is 2.23. The molecule has 1 atom stereocenters. The van der Waals surface area contributed by atoms with Gasteiger partial charge in [-0.05, 0) is 30.9 Å². The number of hydrogen-bond donors (Lipinski definition) is 1. The Bertz CT molecular complexity index is 700. The molecule has 4 nitrogen and oxygen atoms in total. The molecule has 0 radical (unpaired) electrons. The smallest absolute Gasteiger partial charge is 0.223 e. The number of nitrogens with zero attached hydrogens (tertiary/aromatic N) is 2. The predicted octanol–water partition coefficient (Wildman–Crippen LogP) is 4.32. The van der Waals surface area contributed by atoms with Crippen molar-refractivity contribution in [1.29, 1.82) is 0 Å². The van der Waals surface area contributed by atoms with Crippen LogP contribution in [0, 0.1) is 11.8 Å². The molecular formula is C21H31N3O. The molecule has 1 saturated carbocycles. The fraction of sp³-hybridized carbons (Fsp3) is 0.619. The molecule has 136 valence electrons. The van der Waals surface area contributed by atoms with Gasteiger partial charge in [-0.15, -0.1) is 0 Å². The molecule has 0 spiro atoms. The van der Waals surface area contributed by atoms with Crippen LogP contribution in [0.15, 0.2) is 24.3 Å². The molecule has 1 amide bonds. The van der Waals surface area contributed by atoms with Crippen LogP contribution in [0.25, 0.3) is 11.0 Å². The van der Waals surface area contributed by atoms with Crippen molar-refractivity contribution in [3.05, 3.63) is 30.1 Å². The van der Waals surface area contributed by atoms with Gasteiger partial charge < -0.3 is 9.88 Å². The summed E-state index contributed by atoms with van der Waals surface area (Å²) in [5.74, 6) is 2.18. The van der Waals surface area contributed by atoms with Crippen molar-refractivity contribution < 1.29 is 4.79 Å². The summed E-state index contributed by atoms with van der Waals surface area (Å²) >= 11 is 0. The van der Waals surface area contributed by atoms with Crippen molar-refractivity contribution in [3.63, 3.8) is 0 Å². The largest absolute Gasteiger partial charge is 0.355 e. The van der Waals surface area contributed by atoms with E-state index < -0.39 is 0 Å². The second kappa shape index (κ2) is 8.50. The van der Waals surface area contributed by atoms with E-state index >= 15 is 0 Å².